The minimum Gasteiger partial charge on any atom is -0.497 e. The van der Waals surface area contributed by atoms with Gasteiger partial charge in [0.2, 0.25) is 15.9 Å². The largest absolute Gasteiger partial charge is 0.497 e. The normalized spacial score (nSPS) is 17.9. The number of anilines is 1. The molecule has 3 rings (SSSR count). The first-order valence-electron chi connectivity index (χ1n) is 9.11. The molecule has 2 aromatic carbocycles. The summed E-state index contributed by atoms with van der Waals surface area (Å²) in [4.78, 5) is 12.5. The minimum atomic E-state index is -3.79. The van der Waals surface area contributed by atoms with Gasteiger partial charge in [0, 0.05) is 24.7 Å². The number of hydrogen-bond donors (Lipinski definition) is 1. The fourth-order valence-electron chi connectivity index (χ4n) is 3.34. The Labute approximate surface area is 164 Å². The van der Waals surface area contributed by atoms with Gasteiger partial charge in [0.1, 0.15) is 11.6 Å². The number of rotatable bonds is 6. The van der Waals surface area contributed by atoms with Crippen LogP contribution in [0, 0.1) is 5.82 Å². The van der Waals surface area contributed by atoms with Crippen LogP contribution in [-0.2, 0) is 14.8 Å². The van der Waals surface area contributed by atoms with E-state index in [9.17, 15) is 17.6 Å². The Morgan fingerprint density at radius 1 is 1.14 bits per heavy atom. The van der Waals surface area contributed by atoms with Crippen molar-refractivity contribution >= 4 is 21.6 Å². The third kappa shape index (κ3) is 4.69. The summed E-state index contributed by atoms with van der Waals surface area (Å²) < 4.78 is 45.6. The molecule has 0 radical (unpaired) electrons. The molecule has 1 aliphatic heterocycles. The highest BCUT2D eigenvalue weighted by molar-refractivity contribution is 7.89. The van der Waals surface area contributed by atoms with Gasteiger partial charge in [-0.2, -0.15) is 4.31 Å². The van der Waals surface area contributed by atoms with E-state index in [0.29, 0.717) is 24.4 Å². The highest BCUT2D eigenvalue weighted by Gasteiger charge is 2.34. The summed E-state index contributed by atoms with van der Waals surface area (Å²) in [5.74, 6) is -0.0637. The van der Waals surface area contributed by atoms with Gasteiger partial charge in [0.25, 0.3) is 0 Å². The van der Waals surface area contributed by atoms with E-state index in [1.54, 1.807) is 31.4 Å². The van der Waals surface area contributed by atoms with E-state index < -0.39 is 21.9 Å². The average Bonchev–Trinajstić information content (AvgIpc) is 2.69. The number of halogens is 1. The van der Waals surface area contributed by atoms with Crippen LogP contribution in [0.4, 0.5) is 10.1 Å². The van der Waals surface area contributed by atoms with E-state index >= 15 is 0 Å². The Morgan fingerprint density at radius 2 is 1.82 bits per heavy atom. The summed E-state index contributed by atoms with van der Waals surface area (Å²) >= 11 is 0. The van der Waals surface area contributed by atoms with Gasteiger partial charge < -0.3 is 10.1 Å². The van der Waals surface area contributed by atoms with Crippen LogP contribution >= 0.6 is 0 Å². The quantitative estimate of drug-likeness (QED) is 0.798. The van der Waals surface area contributed by atoms with Crippen molar-refractivity contribution in [2.45, 2.75) is 36.6 Å². The van der Waals surface area contributed by atoms with E-state index in [2.05, 4.69) is 5.32 Å². The molecular formula is C20H23FN2O4S. The van der Waals surface area contributed by atoms with Crippen molar-refractivity contribution < 1.29 is 22.3 Å². The second-order valence-corrected chi connectivity index (χ2v) is 8.59. The van der Waals surface area contributed by atoms with Crippen LogP contribution in [0.1, 0.15) is 25.7 Å². The first-order chi connectivity index (χ1) is 13.4. The molecule has 0 saturated carbocycles. The lowest BCUT2D eigenvalue weighted by molar-refractivity contribution is -0.117. The molecule has 0 aliphatic carbocycles. The van der Waals surface area contributed by atoms with Gasteiger partial charge in [-0.3, -0.25) is 4.79 Å². The maximum Gasteiger partial charge on any atom is 0.243 e. The summed E-state index contributed by atoms with van der Waals surface area (Å²) in [5, 5.41) is 2.79. The lowest BCUT2D eigenvalue weighted by Gasteiger charge is -2.34. The number of carbonyl (C=O) groups excluding carboxylic acids is 1. The zero-order valence-corrected chi connectivity index (χ0v) is 16.4. The maximum atomic E-state index is 13.2. The highest BCUT2D eigenvalue weighted by Crippen LogP contribution is 2.27. The van der Waals surface area contributed by atoms with E-state index in [1.807, 2.05) is 0 Å². The second kappa shape index (κ2) is 8.70. The number of benzene rings is 2. The zero-order valence-electron chi connectivity index (χ0n) is 15.6. The number of sulfonamides is 1. The Morgan fingerprint density at radius 3 is 2.46 bits per heavy atom. The summed E-state index contributed by atoms with van der Waals surface area (Å²) in [6.45, 7) is 0.347. The van der Waals surface area contributed by atoms with Crippen LogP contribution in [0.25, 0.3) is 0 Å². The van der Waals surface area contributed by atoms with Gasteiger partial charge in [0.05, 0.1) is 12.0 Å². The van der Waals surface area contributed by atoms with Crippen molar-refractivity contribution in [1.82, 2.24) is 4.31 Å². The Kier molecular flexibility index (Phi) is 6.31. The number of nitrogens with zero attached hydrogens (tertiary/aromatic N) is 1. The van der Waals surface area contributed by atoms with Gasteiger partial charge >= 0.3 is 0 Å². The summed E-state index contributed by atoms with van der Waals surface area (Å²) in [6.07, 6.45) is 2.26. The lowest BCUT2D eigenvalue weighted by Crippen LogP contribution is -2.45. The summed E-state index contributed by atoms with van der Waals surface area (Å²) in [6, 6.07) is 11.3. The molecule has 0 unspecified atom stereocenters. The van der Waals surface area contributed by atoms with Crippen LogP contribution in [0.15, 0.2) is 53.4 Å². The first-order valence-corrected chi connectivity index (χ1v) is 10.6. The van der Waals surface area contributed by atoms with Crippen molar-refractivity contribution in [3.63, 3.8) is 0 Å². The van der Waals surface area contributed by atoms with E-state index in [1.165, 1.54) is 16.4 Å². The Hall–Kier alpha value is -2.45. The molecule has 0 bridgehead atoms. The number of methoxy groups -OCH3 is 1. The molecule has 1 atom stereocenters. The number of piperidine rings is 1. The van der Waals surface area contributed by atoms with Crippen LogP contribution < -0.4 is 10.1 Å². The van der Waals surface area contributed by atoms with Crippen molar-refractivity contribution in [2.24, 2.45) is 0 Å². The predicted molar refractivity (Wildman–Crippen MR) is 104 cm³/mol. The molecule has 1 heterocycles. The monoisotopic (exact) mass is 406 g/mol. The SMILES string of the molecule is COc1ccc(NC(=O)C[C@H]2CCCCN2S(=O)(=O)c2ccc(F)cc2)cc1. The first kappa shape index (κ1) is 20.3. The molecule has 28 heavy (non-hydrogen) atoms. The van der Waals surface area contributed by atoms with Crippen molar-refractivity contribution in [3.05, 3.63) is 54.3 Å². The molecule has 1 amide bonds. The molecule has 1 fully saturated rings. The molecule has 6 nitrogen and oxygen atoms in total. The summed E-state index contributed by atoms with van der Waals surface area (Å²) in [7, 11) is -2.22. The number of hydrogen-bond acceptors (Lipinski definition) is 4. The van der Waals surface area contributed by atoms with Gasteiger partial charge in [-0.1, -0.05) is 6.42 Å². The summed E-state index contributed by atoms with van der Waals surface area (Å²) in [5.41, 5.74) is 0.620. The molecular weight excluding hydrogens is 383 g/mol. The van der Waals surface area contributed by atoms with Crippen LogP contribution in [-0.4, -0.2) is 38.3 Å². The van der Waals surface area contributed by atoms with Gasteiger partial charge in [0.15, 0.2) is 0 Å². The maximum absolute atomic E-state index is 13.2. The number of ether oxygens (including phenoxy) is 1. The number of amides is 1. The topological polar surface area (TPSA) is 75.7 Å². The Balaban J connectivity index is 1.71. The van der Waals surface area contributed by atoms with Crippen LogP contribution in [0.2, 0.25) is 0 Å². The van der Waals surface area contributed by atoms with Crippen LogP contribution in [0.3, 0.4) is 0 Å². The second-order valence-electron chi connectivity index (χ2n) is 6.70. The Bertz CT molecular complexity index is 914. The smallest absolute Gasteiger partial charge is 0.243 e. The fraction of sp³-hybridized carbons (Fsp3) is 0.350. The van der Waals surface area contributed by atoms with Crippen molar-refractivity contribution in [1.29, 1.82) is 0 Å². The van der Waals surface area contributed by atoms with Gasteiger partial charge in [-0.25, -0.2) is 12.8 Å². The molecule has 2 aromatic rings. The van der Waals surface area contributed by atoms with E-state index in [-0.39, 0.29) is 17.2 Å². The van der Waals surface area contributed by atoms with Gasteiger partial charge in [-0.15, -0.1) is 0 Å². The predicted octanol–water partition coefficient (Wildman–Crippen LogP) is 3.41. The zero-order chi connectivity index (χ0) is 20.1. The number of carbonyl (C=O) groups is 1. The molecule has 0 aromatic heterocycles. The van der Waals surface area contributed by atoms with E-state index in [4.69, 9.17) is 4.74 Å². The molecule has 150 valence electrons. The van der Waals surface area contributed by atoms with Crippen LogP contribution in [0.5, 0.6) is 5.75 Å². The molecule has 8 heteroatoms. The highest BCUT2D eigenvalue weighted by atomic mass is 32.2. The van der Waals surface area contributed by atoms with Crippen molar-refractivity contribution in [2.75, 3.05) is 19.0 Å². The molecule has 1 aliphatic rings. The minimum absolute atomic E-state index is 0.0383. The lowest BCUT2D eigenvalue weighted by atomic mass is 10.0. The molecule has 1 saturated heterocycles. The standard InChI is InChI=1S/C20H23FN2O4S/c1-27-18-9-7-16(8-10-18)22-20(24)14-17-4-2-3-13-23(17)28(25,26)19-11-5-15(21)6-12-19/h5-12,17H,2-4,13-14H2,1H3,(H,22,24)/t17-/m1/s1. The molecule has 0 spiro atoms. The third-order valence-corrected chi connectivity index (χ3v) is 6.75. The average molecular weight is 406 g/mol. The van der Waals surface area contributed by atoms with Gasteiger partial charge in [-0.05, 0) is 61.4 Å². The number of nitrogens with one attached hydrogen (secondary N) is 1. The van der Waals surface area contributed by atoms with E-state index in [0.717, 1.165) is 25.0 Å². The molecule has 1 N–H and O–H groups in total. The van der Waals surface area contributed by atoms with Crippen molar-refractivity contribution in [3.8, 4) is 5.75 Å². The fourth-order valence-corrected chi connectivity index (χ4v) is 5.03. The third-order valence-electron chi connectivity index (χ3n) is 4.79.